The highest BCUT2D eigenvalue weighted by atomic mass is 35.5. The van der Waals surface area contributed by atoms with E-state index in [0.29, 0.717) is 22.5 Å². The Morgan fingerprint density at radius 3 is 2.45 bits per heavy atom. The first-order valence-electron chi connectivity index (χ1n) is 5.92. The topological polar surface area (TPSA) is 48.7 Å². The molecule has 0 bridgehead atoms. The molecule has 2 aromatic carbocycles. The minimum absolute atomic E-state index is 0.284. The highest BCUT2D eigenvalue weighted by Gasteiger charge is 2.14. The SMILES string of the molecule is COc1ccc2c(=O)oc3c(Cl)c(OC)ccc3c2c1. The Hall–Kier alpha value is -2.20. The molecule has 1 heterocycles. The summed E-state index contributed by atoms with van der Waals surface area (Å²) in [7, 11) is 3.08. The number of fused-ring (bicyclic) bond motifs is 3. The van der Waals surface area contributed by atoms with Crippen LogP contribution in [0.25, 0.3) is 21.7 Å². The molecule has 102 valence electrons. The lowest BCUT2D eigenvalue weighted by Gasteiger charge is -2.08. The minimum Gasteiger partial charge on any atom is -0.497 e. The highest BCUT2D eigenvalue weighted by molar-refractivity contribution is 6.37. The van der Waals surface area contributed by atoms with Crippen molar-refractivity contribution in [2.24, 2.45) is 0 Å². The number of halogens is 1. The van der Waals surface area contributed by atoms with E-state index in [1.54, 1.807) is 31.4 Å². The van der Waals surface area contributed by atoms with Crippen molar-refractivity contribution >= 4 is 33.3 Å². The van der Waals surface area contributed by atoms with Crippen LogP contribution in [0.1, 0.15) is 0 Å². The molecule has 4 nitrogen and oxygen atoms in total. The third-order valence-electron chi connectivity index (χ3n) is 3.21. The van der Waals surface area contributed by atoms with E-state index in [1.165, 1.54) is 7.11 Å². The Labute approximate surface area is 119 Å². The number of rotatable bonds is 2. The van der Waals surface area contributed by atoms with Crippen LogP contribution in [0.4, 0.5) is 0 Å². The van der Waals surface area contributed by atoms with Crippen LogP contribution >= 0.6 is 11.6 Å². The van der Waals surface area contributed by atoms with Gasteiger partial charge in [-0.25, -0.2) is 4.79 Å². The van der Waals surface area contributed by atoms with Crippen molar-refractivity contribution in [2.75, 3.05) is 14.2 Å². The molecular weight excluding hydrogens is 280 g/mol. The fourth-order valence-corrected chi connectivity index (χ4v) is 2.49. The maximum Gasteiger partial charge on any atom is 0.344 e. The lowest BCUT2D eigenvalue weighted by Crippen LogP contribution is -2.00. The van der Waals surface area contributed by atoms with Gasteiger partial charge in [0.2, 0.25) is 0 Å². The quantitative estimate of drug-likeness (QED) is 0.534. The van der Waals surface area contributed by atoms with Gasteiger partial charge < -0.3 is 13.9 Å². The average molecular weight is 291 g/mol. The maximum absolute atomic E-state index is 12.0. The Bertz CT molecular complexity index is 867. The summed E-state index contributed by atoms with van der Waals surface area (Å²) in [6.07, 6.45) is 0. The highest BCUT2D eigenvalue weighted by Crippen LogP contribution is 2.35. The van der Waals surface area contributed by atoms with Crippen LogP contribution in [0.3, 0.4) is 0 Å². The summed E-state index contributed by atoms with van der Waals surface area (Å²) in [6.45, 7) is 0. The number of methoxy groups -OCH3 is 2. The van der Waals surface area contributed by atoms with Gasteiger partial charge in [-0.15, -0.1) is 0 Å². The molecule has 0 spiro atoms. The molecule has 0 amide bonds. The second kappa shape index (κ2) is 4.72. The molecule has 20 heavy (non-hydrogen) atoms. The second-order valence-corrected chi connectivity index (χ2v) is 4.64. The Balaban J connectivity index is 2.52. The lowest BCUT2D eigenvalue weighted by molar-refractivity contribution is 0.414. The van der Waals surface area contributed by atoms with Gasteiger partial charge in [-0.1, -0.05) is 11.6 Å². The van der Waals surface area contributed by atoms with Crippen LogP contribution in [0, 0.1) is 0 Å². The van der Waals surface area contributed by atoms with Gasteiger partial charge in [-0.2, -0.15) is 0 Å². The molecule has 0 fully saturated rings. The van der Waals surface area contributed by atoms with E-state index in [9.17, 15) is 4.79 Å². The van der Waals surface area contributed by atoms with Crippen LogP contribution in [-0.4, -0.2) is 14.2 Å². The van der Waals surface area contributed by atoms with E-state index in [4.69, 9.17) is 25.5 Å². The molecule has 0 N–H and O–H groups in total. The first-order valence-corrected chi connectivity index (χ1v) is 6.30. The molecule has 0 saturated carbocycles. The third kappa shape index (κ3) is 1.80. The number of ether oxygens (including phenoxy) is 2. The number of hydrogen-bond acceptors (Lipinski definition) is 4. The molecular formula is C15H11ClO4. The van der Waals surface area contributed by atoms with Gasteiger partial charge in [0.1, 0.15) is 16.5 Å². The van der Waals surface area contributed by atoms with Gasteiger partial charge in [0.15, 0.2) is 5.58 Å². The molecule has 0 aliphatic heterocycles. The summed E-state index contributed by atoms with van der Waals surface area (Å²) in [5, 5.41) is 2.25. The van der Waals surface area contributed by atoms with E-state index in [2.05, 4.69) is 0 Å². The number of hydrogen-bond donors (Lipinski definition) is 0. The van der Waals surface area contributed by atoms with Crippen LogP contribution in [0.15, 0.2) is 39.5 Å². The largest absolute Gasteiger partial charge is 0.497 e. The molecule has 3 rings (SSSR count). The molecule has 0 radical (unpaired) electrons. The zero-order chi connectivity index (χ0) is 14.3. The molecule has 5 heteroatoms. The van der Waals surface area contributed by atoms with E-state index < -0.39 is 5.63 Å². The molecule has 0 unspecified atom stereocenters. The molecule has 3 aromatic rings. The molecule has 0 saturated heterocycles. The summed E-state index contributed by atoms with van der Waals surface area (Å²) in [5.74, 6) is 1.13. The first-order chi connectivity index (χ1) is 9.65. The van der Waals surface area contributed by atoms with Gasteiger partial charge in [0.25, 0.3) is 0 Å². The molecule has 0 atom stereocenters. The third-order valence-corrected chi connectivity index (χ3v) is 3.57. The van der Waals surface area contributed by atoms with E-state index in [1.807, 2.05) is 6.07 Å². The average Bonchev–Trinajstić information content (AvgIpc) is 2.48. The van der Waals surface area contributed by atoms with Crippen LogP contribution in [0.5, 0.6) is 11.5 Å². The van der Waals surface area contributed by atoms with Crippen molar-refractivity contribution in [3.8, 4) is 11.5 Å². The van der Waals surface area contributed by atoms with Crippen LogP contribution in [0.2, 0.25) is 5.02 Å². The minimum atomic E-state index is -0.440. The van der Waals surface area contributed by atoms with Crippen molar-refractivity contribution in [3.63, 3.8) is 0 Å². The van der Waals surface area contributed by atoms with Crippen molar-refractivity contribution in [1.29, 1.82) is 0 Å². The van der Waals surface area contributed by atoms with Gasteiger partial charge in [0.05, 0.1) is 19.6 Å². The van der Waals surface area contributed by atoms with Crippen molar-refractivity contribution in [2.45, 2.75) is 0 Å². The predicted molar refractivity (Wildman–Crippen MR) is 78.1 cm³/mol. The van der Waals surface area contributed by atoms with E-state index in [0.717, 1.165) is 10.8 Å². The van der Waals surface area contributed by atoms with Gasteiger partial charge >= 0.3 is 5.63 Å². The van der Waals surface area contributed by atoms with Gasteiger partial charge in [-0.05, 0) is 30.3 Å². The Kier molecular flexibility index (Phi) is 3.03. The zero-order valence-electron chi connectivity index (χ0n) is 10.9. The molecule has 1 aromatic heterocycles. The van der Waals surface area contributed by atoms with Crippen molar-refractivity contribution in [1.82, 2.24) is 0 Å². The Morgan fingerprint density at radius 2 is 1.75 bits per heavy atom. The number of benzene rings is 2. The fourth-order valence-electron chi connectivity index (χ4n) is 2.21. The monoisotopic (exact) mass is 290 g/mol. The van der Waals surface area contributed by atoms with Crippen molar-refractivity contribution < 1.29 is 13.9 Å². The van der Waals surface area contributed by atoms with Crippen LogP contribution < -0.4 is 15.1 Å². The van der Waals surface area contributed by atoms with E-state index in [-0.39, 0.29) is 5.02 Å². The fraction of sp³-hybridized carbons (Fsp3) is 0.133. The first kappa shape index (κ1) is 12.8. The normalized spacial score (nSPS) is 10.9. The van der Waals surface area contributed by atoms with E-state index >= 15 is 0 Å². The Morgan fingerprint density at radius 1 is 1.00 bits per heavy atom. The summed E-state index contributed by atoms with van der Waals surface area (Å²) in [4.78, 5) is 12.0. The summed E-state index contributed by atoms with van der Waals surface area (Å²) >= 11 is 6.20. The van der Waals surface area contributed by atoms with Crippen molar-refractivity contribution in [3.05, 3.63) is 45.8 Å². The maximum atomic E-state index is 12.0. The summed E-state index contributed by atoms with van der Waals surface area (Å²) in [6, 6.07) is 8.74. The summed E-state index contributed by atoms with van der Waals surface area (Å²) < 4.78 is 15.6. The van der Waals surface area contributed by atoms with Gasteiger partial charge in [0, 0.05) is 10.8 Å². The predicted octanol–water partition coefficient (Wildman–Crippen LogP) is 3.62. The smallest absolute Gasteiger partial charge is 0.344 e. The standard InChI is InChI=1S/C15H11ClO4/c1-18-8-3-4-10-11(7-8)9-5-6-12(19-2)13(16)14(9)20-15(10)17/h3-7H,1-2H3. The second-order valence-electron chi connectivity index (χ2n) is 4.26. The lowest BCUT2D eigenvalue weighted by atomic mass is 10.1. The molecule has 0 aliphatic carbocycles. The molecule has 0 aliphatic rings. The van der Waals surface area contributed by atoms with Crippen LogP contribution in [-0.2, 0) is 0 Å². The summed E-state index contributed by atoms with van der Waals surface area (Å²) in [5.41, 5.74) is -0.123. The van der Waals surface area contributed by atoms with Gasteiger partial charge in [-0.3, -0.25) is 0 Å². The zero-order valence-corrected chi connectivity index (χ0v) is 11.7.